The number of hydrogen-bond acceptors (Lipinski definition) is 2. The molecule has 14 heavy (non-hydrogen) atoms. The zero-order valence-electron chi connectivity index (χ0n) is 7.61. The molecule has 1 heterocycles. The van der Waals surface area contributed by atoms with Crippen LogP contribution in [0.25, 0.3) is 0 Å². The monoisotopic (exact) mass is 242 g/mol. The van der Waals surface area contributed by atoms with Gasteiger partial charge in [-0.25, -0.2) is 0 Å². The van der Waals surface area contributed by atoms with Gasteiger partial charge in [0, 0.05) is 27.9 Å². The first-order valence-electron chi connectivity index (χ1n) is 4.12. The summed E-state index contributed by atoms with van der Waals surface area (Å²) in [4.78, 5) is 0. The molecule has 0 N–H and O–H groups in total. The van der Waals surface area contributed by atoms with Crippen molar-refractivity contribution in [3.63, 3.8) is 0 Å². The summed E-state index contributed by atoms with van der Waals surface area (Å²) in [7, 11) is 2.06. The van der Waals surface area contributed by atoms with Crippen molar-refractivity contribution in [1.82, 2.24) is 4.58 Å². The van der Waals surface area contributed by atoms with Crippen LogP contribution in [0.3, 0.4) is 0 Å². The van der Waals surface area contributed by atoms with Gasteiger partial charge in [0.1, 0.15) is 7.05 Å². The van der Waals surface area contributed by atoms with E-state index in [0.717, 1.165) is 10.7 Å². The highest BCUT2D eigenvalue weighted by Crippen LogP contribution is 2.14. The summed E-state index contributed by atoms with van der Waals surface area (Å²) < 4.78 is 3.43. The van der Waals surface area contributed by atoms with E-state index < -0.39 is 0 Å². The third-order valence-corrected chi connectivity index (χ3v) is 4.38. The number of hydrogen-bond donors (Lipinski definition) is 0. The predicted molar refractivity (Wildman–Crippen MR) is 64.5 cm³/mol. The summed E-state index contributed by atoms with van der Waals surface area (Å²) in [6, 6.07) is 7.86. The fourth-order valence-corrected chi connectivity index (χ4v) is 3.01. The quantitative estimate of drug-likeness (QED) is 0.676. The topological polar surface area (TPSA) is 3.01 Å². The first-order chi connectivity index (χ1) is 6.77. The maximum atomic E-state index is 5.83. The molecule has 1 aromatic heterocycles. The van der Waals surface area contributed by atoms with E-state index in [4.69, 9.17) is 11.6 Å². The Morgan fingerprint density at radius 2 is 1.64 bits per heavy atom. The molecule has 0 amide bonds. The number of nitrogens with zero attached hydrogens (tertiary/aromatic N) is 1. The van der Waals surface area contributed by atoms with E-state index in [0.29, 0.717) is 0 Å². The zero-order valence-corrected chi connectivity index (χ0v) is 9.99. The molecule has 2 aromatic rings. The number of halogens is 1. The average molecular weight is 243 g/mol. The van der Waals surface area contributed by atoms with E-state index in [-0.39, 0.29) is 0 Å². The maximum Gasteiger partial charge on any atom is 0.319 e. The van der Waals surface area contributed by atoms with Crippen molar-refractivity contribution in [2.45, 2.75) is 0 Å². The highest BCUT2D eigenvalue weighted by atomic mass is 35.5. The summed E-state index contributed by atoms with van der Waals surface area (Å²) in [5.41, 5.74) is 1.16. The molecule has 4 heteroatoms. The molecule has 0 spiro atoms. The first-order valence-corrected chi connectivity index (χ1v) is 6.26. The molecule has 72 valence electrons. The van der Waals surface area contributed by atoms with Gasteiger partial charge in [-0.05, 0) is 12.1 Å². The maximum absolute atomic E-state index is 5.83. The summed E-state index contributed by atoms with van der Waals surface area (Å²) in [5, 5.41) is 4.95. The molecule has 1 aromatic carbocycles. The molecule has 0 aliphatic rings. The first kappa shape index (κ1) is 9.90. The van der Waals surface area contributed by atoms with Gasteiger partial charge < -0.3 is 0 Å². The molecule has 0 atom stereocenters. The van der Waals surface area contributed by atoms with Crippen LogP contribution in [0, 0.1) is 0 Å². The minimum atomic E-state index is 0.775. The smallest absolute Gasteiger partial charge is 0.177 e. The summed E-state index contributed by atoms with van der Waals surface area (Å²) in [5.74, 6) is 0. The van der Waals surface area contributed by atoms with Gasteiger partial charge in [-0.2, -0.15) is 4.58 Å². The van der Waals surface area contributed by atoms with Gasteiger partial charge >= 0.3 is 3.98 Å². The molecule has 0 fully saturated rings. The second-order valence-corrected chi connectivity index (χ2v) is 5.29. The SMILES string of the molecule is C[N+](c1ccc(Cl)cc1)=c1sccs1. The van der Waals surface area contributed by atoms with Crippen molar-refractivity contribution in [3.8, 4) is 0 Å². The van der Waals surface area contributed by atoms with E-state index in [1.54, 1.807) is 22.7 Å². The Morgan fingerprint density at radius 1 is 1.07 bits per heavy atom. The van der Waals surface area contributed by atoms with Gasteiger partial charge in [0.05, 0.1) is 0 Å². The predicted octanol–water partition coefficient (Wildman–Crippen LogP) is 3.20. The van der Waals surface area contributed by atoms with E-state index in [2.05, 4.69) is 22.4 Å². The van der Waals surface area contributed by atoms with Crippen molar-refractivity contribution in [1.29, 1.82) is 0 Å². The molecule has 0 saturated carbocycles. The lowest BCUT2D eigenvalue weighted by Gasteiger charge is -1.93. The lowest BCUT2D eigenvalue weighted by Crippen LogP contribution is -2.14. The van der Waals surface area contributed by atoms with E-state index in [1.165, 1.54) is 3.98 Å². The largest absolute Gasteiger partial charge is 0.319 e. The molecule has 0 radical (unpaired) electrons. The molecular weight excluding hydrogens is 234 g/mol. The van der Waals surface area contributed by atoms with Crippen molar-refractivity contribution in [3.05, 3.63) is 44.0 Å². The molecule has 0 saturated heterocycles. The molecular formula is C10H9ClNS2+. The molecule has 2 rings (SSSR count). The van der Waals surface area contributed by atoms with E-state index in [1.807, 2.05) is 24.3 Å². The Kier molecular flexibility index (Phi) is 3.01. The third-order valence-electron chi connectivity index (χ3n) is 1.88. The van der Waals surface area contributed by atoms with Crippen molar-refractivity contribution < 1.29 is 0 Å². The van der Waals surface area contributed by atoms with Crippen LogP contribution in [0.1, 0.15) is 0 Å². The zero-order chi connectivity index (χ0) is 9.97. The summed E-state index contributed by atoms with van der Waals surface area (Å²) >= 11 is 9.31. The van der Waals surface area contributed by atoms with Crippen LogP contribution in [0.5, 0.6) is 0 Å². The minimum absolute atomic E-state index is 0.775. The lowest BCUT2D eigenvalue weighted by atomic mass is 10.3. The van der Waals surface area contributed by atoms with Crippen molar-refractivity contribution in [2.24, 2.45) is 0 Å². The van der Waals surface area contributed by atoms with Crippen molar-refractivity contribution >= 4 is 40.0 Å². The van der Waals surface area contributed by atoms with Crippen LogP contribution in [0.15, 0.2) is 35.0 Å². The molecule has 0 aliphatic heterocycles. The molecule has 1 nitrogen and oxygen atoms in total. The van der Waals surface area contributed by atoms with Crippen LogP contribution in [0.2, 0.25) is 5.02 Å². The summed E-state index contributed by atoms with van der Waals surface area (Å²) in [6.07, 6.45) is 0. The minimum Gasteiger partial charge on any atom is -0.177 e. The third kappa shape index (κ3) is 2.05. The normalized spacial score (nSPS) is 10.1. The lowest BCUT2D eigenvalue weighted by molar-refractivity contribution is 0.931. The van der Waals surface area contributed by atoms with Gasteiger partial charge in [0.2, 0.25) is 5.69 Å². The fourth-order valence-electron chi connectivity index (χ4n) is 1.13. The highest BCUT2D eigenvalue weighted by molar-refractivity contribution is 7.24. The summed E-state index contributed by atoms with van der Waals surface area (Å²) in [6.45, 7) is 0. The van der Waals surface area contributed by atoms with Gasteiger partial charge in [0.25, 0.3) is 0 Å². The Morgan fingerprint density at radius 3 is 2.21 bits per heavy atom. The fraction of sp³-hybridized carbons (Fsp3) is 0.100. The Bertz CT molecular complexity index is 465. The van der Waals surface area contributed by atoms with Gasteiger partial charge in [0.15, 0.2) is 0 Å². The van der Waals surface area contributed by atoms with Crippen LogP contribution < -0.4 is 8.56 Å². The van der Waals surface area contributed by atoms with Gasteiger partial charge in [-0.1, -0.05) is 34.3 Å². The van der Waals surface area contributed by atoms with E-state index in [9.17, 15) is 0 Å². The van der Waals surface area contributed by atoms with Crippen molar-refractivity contribution in [2.75, 3.05) is 7.05 Å². The molecule has 0 bridgehead atoms. The molecule has 0 unspecified atom stereocenters. The second kappa shape index (κ2) is 4.26. The van der Waals surface area contributed by atoms with Crippen LogP contribution in [0.4, 0.5) is 5.69 Å². The number of rotatable bonds is 1. The Hall–Kier alpha value is -0.640. The molecule has 0 aliphatic carbocycles. The Balaban J connectivity index is 2.52. The average Bonchev–Trinajstić information content (AvgIpc) is 2.71. The second-order valence-electron chi connectivity index (χ2n) is 2.81. The van der Waals surface area contributed by atoms with Crippen LogP contribution in [-0.2, 0) is 0 Å². The Labute approximate surface area is 95.6 Å². The number of benzene rings is 1. The van der Waals surface area contributed by atoms with Gasteiger partial charge in [-0.15, -0.1) is 0 Å². The van der Waals surface area contributed by atoms with Crippen LogP contribution >= 0.6 is 34.3 Å². The van der Waals surface area contributed by atoms with E-state index >= 15 is 0 Å². The van der Waals surface area contributed by atoms with Gasteiger partial charge in [-0.3, -0.25) is 0 Å². The highest BCUT2D eigenvalue weighted by Gasteiger charge is 2.04. The van der Waals surface area contributed by atoms with Crippen LogP contribution in [-0.4, -0.2) is 7.05 Å². The standard InChI is InChI=1S/C10H9ClNS2/c1-12(10-13-6-7-14-10)9-4-2-8(11)3-5-9/h2-7H,1H3/q+1.